The molecule has 0 aromatic carbocycles. The Labute approximate surface area is 112 Å². The van der Waals surface area contributed by atoms with Gasteiger partial charge in [0.05, 0.1) is 0 Å². The third-order valence-corrected chi connectivity index (χ3v) is 4.75. The molecule has 0 bridgehead atoms. The van der Waals surface area contributed by atoms with Crippen LogP contribution < -0.4 is 5.32 Å². The van der Waals surface area contributed by atoms with Gasteiger partial charge in [-0.2, -0.15) is 0 Å². The molecule has 100 valence electrons. The van der Waals surface area contributed by atoms with Crippen LogP contribution in [0.2, 0.25) is 0 Å². The molecular weight excluding hydrogens is 232 g/mol. The smallest absolute Gasteiger partial charge is 0.00915 e. The molecule has 2 atom stereocenters. The van der Waals surface area contributed by atoms with Crippen molar-refractivity contribution in [3.63, 3.8) is 0 Å². The Hall–Kier alpha value is 0.210. The molecule has 2 saturated carbocycles. The molecule has 2 unspecified atom stereocenters. The Kier molecular flexibility index (Phi) is 4.73. The van der Waals surface area contributed by atoms with Crippen LogP contribution in [0.5, 0.6) is 0 Å². The standard InChI is InChI=1S/C14H26N2.ClH/c1-11-8-13(11)10-16-6-4-14(5-7-16)15-9-12-2-3-12;/h11-15H,2-10H2,1H3;1H. The molecule has 3 fully saturated rings. The van der Waals surface area contributed by atoms with Gasteiger partial charge in [0.1, 0.15) is 0 Å². The molecule has 17 heavy (non-hydrogen) atoms. The highest BCUT2D eigenvalue weighted by Gasteiger charge is 2.34. The van der Waals surface area contributed by atoms with E-state index in [1.165, 1.54) is 58.3 Å². The Morgan fingerprint density at radius 3 is 2.29 bits per heavy atom. The van der Waals surface area contributed by atoms with Gasteiger partial charge in [0, 0.05) is 12.6 Å². The van der Waals surface area contributed by atoms with Gasteiger partial charge in [0.25, 0.3) is 0 Å². The van der Waals surface area contributed by atoms with Crippen LogP contribution in [0.25, 0.3) is 0 Å². The summed E-state index contributed by atoms with van der Waals surface area (Å²) in [5, 5.41) is 3.76. The normalized spacial score (nSPS) is 34.4. The second kappa shape index (κ2) is 5.90. The van der Waals surface area contributed by atoms with E-state index in [4.69, 9.17) is 0 Å². The zero-order chi connectivity index (χ0) is 11.0. The van der Waals surface area contributed by atoms with E-state index in [0.29, 0.717) is 0 Å². The van der Waals surface area contributed by atoms with E-state index in [0.717, 1.165) is 23.8 Å². The summed E-state index contributed by atoms with van der Waals surface area (Å²) in [6, 6.07) is 0.827. The predicted octanol–water partition coefficient (Wildman–Crippen LogP) is 2.53. The maximum atomic E-state index is 3.76. The summed E-state index contributed by atoms with van der Waals surface area (Å²) in [4.78, 5) is 2.70. The largest absolute Gasteiger partial charge is 0.314 e. The molecule has 0 spiro atoms. The van der Waals surface area contributed by atoms with Gasteiger partial charge in [-0.3, -0.25) is 0 Å². The third-order valence-electron chi connectivity index (χ3n) is 4.75. The van der Waals surface area contributed by atoms with Gasteiger partial charge in [-0.25, -0.2) is 0 Å². The second-order valence-electron chi connectivity index (χ2n) is 6.40. The molecule has 1 aliphatic heterocycles. The van der Waals surface area contributed by atoms with Crippen LogP contribution in [0, 0.1) is 17.8 Å². The molecule has 3 aliphatic rings. The van der Waals surface area contributed by atoms with Crippen LogP contribution in [0.4, 0.5) is 0 Å². The summed E-state index contributed by atoms with van der Waals surface area (Å²) in [5.74, 6) is 3.09. The van der Waals surface area contributed by atoms with E-state index in [9.17, 15) is 0 Å². The highest BCUT2D eigenvalue weighted by molar-refractivity contribution is 5.85. The Morgan fingerprint density at radius 2 is 1.76 bits per heavy atom. The Morgan fingerprint density at radius 1 is 1.12 bits per heavy atom. The van der Waals surface area contributed by atoms with E-state index in [2.05, 4.69) is 17.1 Å². The first-order chi connectivity index (χ1) is 7.81. The number of hydrogen-bond donors (Lipinski definition) is 1. The van der Waals surface area contributed by atoms with Gasteiger partial charge >= 0.3 is 0 Å². The van der Waals surface area contributed by atoms with E-state index >= 15 is 0 Å². The molecule has 3 rings (SSSR count). The highest BCUT2D eigenvalue weighted by Crippen LogP contribution is 2.38. The number of hydrogen-bond acceptors (Lipinski definition) is 2. The summed E-state index contributed by atoms with van der Waals surface area (Å²) in [6.45, 7) is 7.76. The van der Waals surface area contributed by atoms with Crippen LogP contribution in [0.3, 0.4) is 0 Å². The first-order valence-corrected chi connectivity index (χ1v) is 7.27. The number of nitrogens with zero attached hydrogens (tertiary/aromatic N) is 1. The van der Waals surface area contributed by atoms with E-state index in [-0.39, 0.29) is 12.4 Å². The highest BCUT2D eigenvalue weighted by atomic mass is 35.5. The molecule has 0 aromatic heterocycles. The van der Waals surface area contributed by atoms with Crippen molar-refractivity contribution in [3.05, 3.63) is 0 Å². The number of nitrogens with one attached hydrogen (secondary N) is 1. The quantitative estimate of drug-likeness (QED) is 0.815. The maximum Gasteiger partial charge on any atom is 0.00915 e. The fourth-order valence-electron chi connectivity index (χ4n) is 2.96. The van der Waals surface area contributed by atoms with Crippen LogP contribution in [-0.2, 0) is 0 Å². The van der Waals surface area contributed by atoms with Crippen molar-refractivity contribution in [2.24, 2.45) is 17.8 Å². The topological polar surface area (TPSA) is 15.3 Å². The van der Waals surface area contributed by atoms with Crippen molar-refractivity contribution in [1.82, 2.24) is 10.2 Å². The van der Waals surface area contributed by atoms with E-state index < -0.39 is 0 Å². The van der Waals surface area contributed by atoms with E-state index in [1.54, 1.807) is 0 Å². The minimum atomic E-state index is 0. The number of likely N-dealkylation sites (tertiary alicyclic amines) is 1. The van der Waals surface area contributed by atoms with Crippen LogP contribution in [0.15, 0.2) is 0 Å². The van der Waals surface area contributed by atoms with Crippen molar-refractivity contribution < 1.29 is 0 Å². The zero-order valence-electron chi connectivity index (χ0n) is 11.0. The number of halogens is 1. The first kappa shape index (κ1) is 13.6. The number of rotatable bonds is 5. The molecule has 0 aromatic rings. The summed E-state index contributed by atoms with van der Waals surface area (Å²) in [5.41, 5.74) is 0. The SMILES string of the molecule is CC1CC1CN1CCC(NCC2CC2)CC1.Cl. The molecule has 1 N–H and O–H groups in total. The molecule has 2 nitrogen and oxygen atoms in total. The van der Waals surface area contributed by atoms with Crippen LogP contribution in [0.1, 0.15) is 39.0 Å². The molecule has 3 heteroatoms. The van der Waals surface area contributed by atoms with Crippen molar-refractivity contribution in [2.75, 3.05) is 26.2 Å². The van der Waals surface area contributed by atoms with Crippen LogP contribution in [-0.4, -0.2) is 37.1 Å². The summed E-state index contributed by atoms with van der Waals surface area (Å²) in [6.07, 6.45) is 7.21. The fraction of sp³-hybridized carbons (Fsp3) is 1.00. The van der Waals surface area contributed by atoms with Gasteiger partial charge in [-0.1, -0.05) is 6.92 Å². The molecule has 0 radical (unpaired) electrons. The predicted molar refractivity (Wildman–Crippen MR) is 74.7 cm³/mol. The van der Waals surface area contributed by atoms with Crippen molar-refractivity contribution >= 4 is 12.4 Å². The van der Waals surface area contributed by atoms with Crippen LogP contribution >= 0.6 is 12.4 Å². The average Bonchev–Trinajstić information content (AvgIpc) is 3.18. The second-order valence-corrected chi connectivity index (χ2v) is 6.40. The minimum Gasteiger partial charge on any atom is -0.314 e. The van der Waals surface area contributed by atoms with Gasteiger partial charge in [-0.05, 0) is 69.5 Å². The summed E-state index contributed by atoms with van der Waals surface area (Å²) < 4.78 is 0. The molecular formula is C14H27ClN2. The van der Waals surface area contributed by atoms with Crippen molar-refractivity contribution in [3.8, 4) is 0 Å². The Balaban J connectivity index is 0.00000108. The molecule has 0 amide bonds. The lowest BCUT2D eigenvalue weighted by atomic mass is 10.0. The zero-order valence-corrected chi connectivity index (χ0v) is 11.8. The van der Waals surface area contributed by atoms with E-state index in [1.807, 2.05) is 0 Å². The molecule has 1 heterocycles. The summed E-state index contributed by atoms with van der Waals surface area (Å²) in [7, 11) is 0. The first-order valence-electron chi connectivity index (χ1n) is 7.27. The van der Waals surface area contributed by atoms with Crippen molar-refractivity contribution in [2.45, 2.75) is 45.1 Å². The van der Waals surface area contributed by atoms with Gasteiger partial charge in [-0.15, -0.1) is 12.4 Å². The lowest BCUT2D eigenvalue weighted by molar-refractivity contribution is 0.188. The fourth-order valence-corrected chi connectivity index (χ4v) is 2.96. The summed E-state index contributed by atoms with van der Waals surface area (Å²) >= 11 is 0. The molecule has 1 saturated heterocycles. The van der Waals surface area contributed by atoms with Gasteiger partial charge in [0.15, 0.2) is 0 Å². The lowest BCUT2D eigenvalue weighted by Gasteiger charge is -2.32. The Bertz CT molecular complexity index is 234. The molecule has 2 aliphatic carbocycles. The monoisotopic (exact) mass is 258 g/mol. The number of piperidine rings is 1. The van der Waals surface area contributed by atoms with Gasteiger partial charge < -0.3 is 10.2 Å². The van der Waals surface area contributed by atoms with Crippen molar-refractivity contribution in [1.29, 1.82) is 0 Å². The maximum absolute atomic E-state index is 3.76. The van der Waals surface area contributed by atoms with Gasteiger partial charge in [0.2, 0.25) is 0 Å². The average molecular weight is 259 g/mol. The lowest BCUT2D eigenvalue weighted by Crippen LogP contribution is -2.43. The third kappa shape index (κ3) is 4.11. The minimum absolute atomic E-state index is 0.